The standard InChI is InChI=1S/C44H32O6/c1-26(45)34-21-19-32(23-38(34)27(2)46)49-30-15-11-28(12-16-30)44(40-9-5-3-7-35(40)36-8-4-6-10-41(36)44)29-13-17-31(18-14-29)50-33-20-22-37-39(24-33)43(48)25-42(37)47/h3,5-7,9-24H,4,8,25H2,1-2H3. The number of carbonyl (C=O) groups excluding carboxylic acids is 4. The average molecular weight is 657 g/mol. The molecule has 3 aliphatic rings. The Morgan fingerprint density at radius 2 is 1.18 bits per heavy atom. The molecule has 0 radical (unpaired) electrons. The molecule has 1 unspecified atom stereocenters. The summed E-state index contributed by atoms with van der Waals surface area (Å²) < 4.78 is 12.4. The van der Waals surface area contributed by atoms with Crippen LogP contribution in [0.4, 0.5) is 0 Å². The van der Waals surface area contributed by atoms with Gasteiger partial charge in [0, 0.05) is 22.3 Å². The van der Waals surface area contributed by atoms with Gasteiger partial charge in [-0.05, 0) is 121 Å². The molecular formula is C44H32O6. The maximum Gasteiger partial charge on any atom is 0.171 e. The van der Waals surface area contributed by atoms with E-state index in [0.717, 1.165) is 24.0 Å². The highest BCUT2D eigenvalue weighted by Crippen LogP contribution is 2.57. The fourth-order valence-electron chi connectivity index (χ4n) is 7.70. The number of ketones is 4. The van der Waals surface area contributed by atoms with Crippen molar-refractivity contribution >= 4 is 28.7 Å². The molecule has 0 heterocycles. The molecule has 8 rings (SSSR count). The van der Waals surface area contributed by atoms with Crippen LogP contribution in [-0.2, 0) is 5.41 Å². The molecule has 1 atom stereocenters. The SMILES string of the molecule is CC(=O)c1ccc(Oc2ccc(C3(c4ccc(Oc5ccc6c(c5)C(=O)CC6=O)cc4)C4=C(CCC=C4)c4ccccc43)cc2)cc1C(C)=O. The van der Waals surface area contributed by atoms with Gasteiger partial charge in [0.2, 0.25) is 0 Å². The zero-order valence-electron chi connectivity index (χ0n) is 27.6. The van der Waals surface area contributed by atoms with E-state index in [4.69, 9.17) is 9.47 Å². The second-order valence-corrected chi connectivity index (χ2v) is 12.9. The largest absolute Gasteiger partial charge is 0.457 e. The Balaban J connectivity index is 1.18. The molecule has 0 fully saturated rings. The van der Waals surface area contributed by atoms with Crippen LogP contribution in [0.2, 0.25) is 0 Å². The van der Waals surface area contributed by atoms with Crippen LogP contribution >= 0.6 is 0 Å². The van der Waals surface area contributed by atoms with Crippen molar-refractivity contribution in [2.45, 2.75) is 38.5 Å². The lowest BCUT2D eigenvalue weighted by atomic mass is 9.66. The minimum atomic E-state index is -0.606. The molecule has 3 aliphatic carbocycles. The number of hydrogen-bond acceptors (Lipinski definition) is 6. The van der Waals surface area contributed by atoms with E-state index in [1.807, 2.05) is 24.3 Å². The number of ether oxygens (including phenoxy) is 2. The van der Waals surface area contributed by atoms with Crippen molar-refractivity contribution in [2.75, 3.05) is 0 Å². The third-order valence-electron chi connectivity index (χ3n) is 9.94. The molecule has 0 bridgehead atoms. The minimum Gasteiger partial charge on any atom is -0.457 e. The van der Waals surface area contributed by atoms with E-state index < -0.39 is 5.41 Å². The number of Topliss-reactive ketones (excluding diaryl/α,β-unsaturated/α-hetero) is 4. The molecule has 0 saturated heterocycles. The summed E-state index contributed by atoms with van der Waals surface area (Å²) in [7, 11) is 0. The predicted molar refractivity (Wildman–Crippen MR) is 191 cm³/mol. The summed E-state index contributed by atoms with van der Waals surface area (Å²) in [5, 5.41) is 0. The number of hydrogen-bond donors (Lipinski definition) is 0. The molecule has 0 spiro atoms. The van der Waals surface area contributed by atoms with Crippen LogP contribution in [0, 0.1) is 0 Å². The van der Waals surface area contributed by atoms with Gasteiger partial charge in [-0.2, -0.15) is 0 Å². The van der Waals surface area contributed by atoms with Crippen LogP contribution in [0.5, 0.6) is 23.0 Å². The molecule has 0 amide bonds. The van der Waals surface area contributed by atoms with Gasteiger partial charge in [0.05, 0.1) is 11.8 Å². The summed E-state index contributed by atoms with van der Waals surface area (Å²) in [6.07, 6.45) is 6.33. The highest BCUT2D eigenvalue weighted by molar-refractivity contribution is 6.24. The number of carbonyl (C=O) groups is 4. The topological polar surface area (TPSA) is 86.7 Å². The lowest BCUT2D eigenvalue weighted by molar-refractivity contribution is 0.0920. The normalized spacial score (nSPS) is 17.3. The molecule has 50 heavy (non-hydrogen) atoms. The van der Waals surface area contributed by atoms with E-state index in [2.05, 4.69) is 60.7 Å². The van der Waals surface area contributed by atoms with Crippen molar-refractivity contribution in [3.05, 3.63) is 171 Å². The van der Waals surface area contributed by atoms with E-state index in [-0.39, 0.29) is 29.6 Å². The van der Waals surface area contributed by atoms with Crippen molar-refractivity contribution in [3.63, 3.8) is 0 Å². The molecule has 5 aromatic carbocycles. The van der Waals surface area contributed by atoms with Gasteiger partial charge in [0.15, 0.2) is 23.1 Å². The Bertz CT molecular complexity index is 2320. The summed E-state index contributed by atoms with van der Waals surface area (Å²) in [5.74, 6) is 1.50. The number of fused-ring (bicyclic) bond motifs is 3. The summed E-state index contributed by atoms with van der Waals surface area (Å²) in [6.45, 7) is 2.89. The van der Waals surface area contributed by atoms with Gasteiger partial charge in [-0.15, -0.1) is 0 Å². The van der Waals surface area contributed by atoms with Crippen molar-refractivity contribution < 1.29 is 28.7 Å². The zero-order chi connectivity index (χ0) is 34.6. The highest BCUT2D eigenvalue weighted by Gasteiger charge is 2.47. The first-order valence-electron chi connectivity index (χ1n) is 16.7. The van der Waals surface area contributed by atoms with Gasteiger partial charge >= 0.3 is 0 Å². The molecule has 0 saturated carbocycles. The van der Waals surface area contributed by atoms with Crippen LogP contribution in [0.25, 0.3) is 5.57 Å². The monoisotopic (exact) mass is 656 g/mol. The third kappa shape index (κ3) is 5.03. The second-order valence-electron chi connectivity index (χ2n) is 12.9. The molecule has 0 N–H and O–H groups in total. The molecular weight excluding hydrogens is 624 g/mol. The predicted octanol–water partition coefficient (Wildman–Crippen LogP) is 9.90. The summed E-state index contributed by atoms with van der Waals surface area (Å²) in [5.41, 5.74) is 8.13. The van der Waals surface area contributed by atoms with Crippen LogP contribution in [0.15, 0.2) is 127 Å². The lowest BCUT2D eigenvalue weighted by Crippen LogP contribution is -2.29. The quantitative estimate of drug-likeness (QED) is 0.122. The lowest BCUT2D eigenvalue weighted by Gasteiger charge is -2.35. The zero-order valence-corrected chi connectivity index (χ0v) is 27.6. The van der Waals surface area contributed by atoms with Crippen molar-refractivity contribution in [3.8, 4) is 23.0 Å². The van der Waals surface area contributed by atoms with Gasteiger partial charge in [0.25, 0.3) is 0 Å². The number of benzene rings is 5. The Hall–Kier alpha value is -6.14. The van der Waals surface area contributed by atoms with Crippen LogP contribution in [0.3, 0.4) is 0 Å². The van der Waals surface area contributed by atoms with Crippen molar-refractivity contribution in [2.24, 2.45) is 0 Å². The van der Waals surface area contributed by atoms with Crippen LogP contribution < -0.4 is 9.47 Å². The van der Waals surface area contributed by atoms with Gasteiger partial charge in [0.1, 0.15) is 23.0 Å². The van der Waals surface area contributed by atoms with Gasteiger partial charge in [-0.3, -0.25) is 19.2 Å². The van der Waals surface area contributed by atoms with Gasteiger partial charge in [-0.25, -0.2) is 0 Å². The summed E-state index contributed by atoms with van der Waals surface area (Å²) in [6, 6.07) is 34.7. The van der Waals surface area contributed by atoms with E-state index in [0.29, 0.717) is 45.3 Å². The van der Waals surface area contributed by atoms with Crippen LogP contribution in [0.1, 0.15) is 96.8 Å². The molecule has 0 aromatic heterocycles. The first kappa shape index (κ1) is 31.1. The number of rotatable bonds is 8. The fraction of sp³-hybridized carbons (Fsp3) is 0.136. The maximum absolute atomic E-state index is 12.3. The number of allylic oxidation sites excluding steroid dienone is 4. The smallest absolute Gasteiger partial charge is 0.171 e. The Kier molecular flexibility index (Phi) is 7.52. The first-order chi connectivity index (χ1) is 24.2. The Morgan fingerprint density at radius 3 is 1.84 bits per heavy atom. The summed E-state index contributed by atoms with van der Waals surface area (Å²) >= 11 is 0. The Morgan fingerprint density at radius 1 is 0.600 bits per heavy atom. The van der Waals surface area contributed by atoms with Gasteiger partial charge < -0.3 is 9.47 Å². The molecule has 6 heteroatoms. The fourth-order valence-corrected chi connectivity index (χ4v) is 7.70. The molecule has 244 valence electrons. The van der Waals surface area contributed by atoms with Crippen molar-refractivity contribution in [1.29, 1.82) is 0 Å². The average Bonchev–Trinajstić information content (AvgIpc) is 3.59. The second kappa shape index (κ2) is 12.1. The molecule has 0 aliphatic heterocycles. The summed E-state index contributed by atoms with van der Waals surface area (Å²) in [4.78, 5) is 48.8. The van der Waals surface area contributed by atoms with Gasteiger partial charge in [-0.1, -0.05) is 60.7 Å². The van der Waals surface area contributed by atoms with E-state index >= 15 is 0 Å². The first-order valence-corrected chi connectivity index (χ1v) is 16.7. The van der Waals surface area contributed by atoms with E-state index in [1.165, 1.54) is 36.1 Å². The molecule has 5 aromatic rings. The highest BCUT2D eigenvalue weighted by atomic mass is 16.5. The van der Waals surface area contributed by atoms with E-state index in [9.17, 15) is 19.2 Å². The maximum atomic E-state index is 12.3. The van der Waals surface area contributed by atoms with E-state index in [1.54, 1.807) is 36.4 Å². The molecule has 6 nitrogen and oxygen atoms in total. The Labute approximate surface area is 289 Å². The van der Waals surface area contributed by atoms with Crippen LogP contribution in [-0.4, -0.2) is 23.1 Å². The third-order valence-corrected chi connectivity index (χ3v) is 9.94. The minimum absolute atomic E-state index is 0.0918. The van der Waals surface area contributed by atoms with Crippen molar-refractivity contribution in [1.82, 2.24) is 0 Å².